The SMILES string of the molecule is C=CCn1c(COc2cc(C)cc(C)c2)nnc1SCc1cccc(Cl)c1. The molecule has 0 radical (unpaired) electrons. The zero-order chi connectivity index (χ0) is 19.2. The van der Waals surface area contributed by atoms with Crippen LogP contribution in [0.1, 0.15) is 22.5 Å². The lowest BCUT2D eigenvalue weighted by atomic mass is 10.1. The van der Waals surface area contributed by atoms with Crippen LogP contribution in [0.4, 0.5) is 0 Å². The van der Waals surface area contributed by atoms with E-state index in [0.29, 0.717) is 13.2 Å². The third-order valence-corrected chi connectivity index (χ3v) is 5.20. The van der Waals surface area contributed by atoms with Crippen molar-refractivity contribution in [3.8, 4) is 5.75 Å². The molecule has 27 heavy (non-hydrogen) atoms. The van der Waals surface area contributed by atoms with Crippen molar-refractivity contribution in [1.29, 1.82) is 0 Å². The first kappa shape index (κ1) is 19.5. The average Bonchev–Trinajstić information content (AvgIpc) is 3.00. The van der Waals surface area contributed by atoms with Crippen LogP contribution in [0.5, 0.6) is 5.75 Å². The fourth-order valence-corrected chi connectivity index (χ4v) is 3.91. The summed E-state index contributed by atoms with van der Waals surface area (Å²) in [7, 11) is 0. The van der Waals surface area contributed by atoms with E-state index in [1.807, 2.05) is 41.0 Å². The Morgan fingerprint density at radius 1 is 1.15 bits per heavy atom. The van der Waals surface area contributed by atoms with Crippen LogP contribution in [-0.4, -0.2) is 14.8 Å². The molecule has 0 spiro atoms. The van der Waals surface area contributed by atoms with Gasteiger partial charge in [-0.15, -0.1) is 16.8 Å². The predicted molar refractivity (Wildman–Crippen MR) is 111 cm³/mol. The van der Waals surface area contributed by atoms with Crippen LogP contribution in [0.2, 0.25) is 5.02 Å². The monoisotopic (exact) mass is 399 g/mol. The Labute approximate surface area is 169 Å². The highest BCUT2D eigenvalue weighted by Crippen LogP contribution is 2.24. The van der Waals surface area contributed by atoms with Crippen LogP contribution in [0.15, 0.2) is 60.3 Å². The highest BCUT2D eigenvalue weighted by atomic mass is 35.5. The fourth-order valence-electron chi connectivity index (χ4n) is 2.78. The first-order valence-corrected chi connectivity index (χ1v) is 10.0. The van der Waals surface area contributed by atoms with Crippen molar-refractivity contribution >= 4 is 23.4 Å². The Morgan fingerprint density at radius 2 is 1.93 bits per heavy atom. The normalized spacial score (nSPS) is 10.8. The van der Waals surface area contributed by atoms with E-state index in [4.69, 9.17) is 16.3 Å². The second-order valence-corrected chi connectivity index (χ2v) is 7.71. The number of hydrogen-bond acceptors (Lipinski definition) is 4. The third kappa shape index (κ3) is 5.37. The van der Waals surface area contributed by atoms with Gasteiger partial charge in [0.2, 0.25) is 0 Å². The predicted octanol–water partition coefficient (Wildman–Crippen LogP) is 5.61. The van der Waals surface area contributed by atoms with Crippen molar-refractivity contribution in [3.63, 3.8) is 0 Å². The van der Waals surface area contributed by atoms with Gasteiger partial charge < -0.3 is 4.74 Å². The molecular weight excluding hydrogens is 378 g/mol. The second-order valence-electron chi connectivity index (χ2n) is 6.33. The smallest absolute Gasteiger partial charge is 0.191 e. The van der Waals surface area contributed by atoms with Gasteiger partial charge in [0.15, 0.2) is 11.0 Å². The van der Waals surface area contributed by atoms with Gasteiger partial charge in [-0.3, -0.25) is 4.57 Å². The highest BCUT2D eigenvalue weighted by molar-refractivity contribution is 7.98. The van der Waals surface area contributed by atoms with Gasteiger partial charge in [-0.05, 0) is 54.8 Å². The maximum Gasteiger partial charge on any atom is 0.191 e. The molecule has 0 saturated heterocycles. The van der Waals surface area contributed by atoms with Gasteiger partial charge >= 0.3 is 0 Å². The Hall–Kier alpha value is -2.24. The topological polar surface area (TPSA) is 39.9 Å². The van der Waals surface area contributed by atoms with Crippen LogP contribution < -0.4 is 4.74 Å². The van der Waals surface area contributed by atoms with Crippen LogP contribution >= 0.6 is 23.4 Å². The van der Waals surface area contributed by atoms with Crippen molar-refractivity contribution in [2.75, 3.05) is 0 Å². The molecule has 4 nitrogen and oxygen atoms in total. The second kappa shape index (κ2) is 9.11. The molecule has 0 unspecified atom stereocenters. The van der Waals surface area contributed by atoms with Gasteiger partial charge in [0.25, 0.3) is 0 Å². The standard InChI is InChI=1S/C21H22ClN3OS/c1-4-8-25-20(13-26-19-10-15(2)9-16(3)11-19)23-24-21(25)27-14-17-6-5-7-18(22)12-17/h4-7,9-12H,1,8,13-14H2,2-3H3. The lowest BCUT2D eigenvalue weighted by Gasteiger charge is -2.10. The molecule has 140 valence electrons. The maximum atomic E-state index is 6.06. The van der Waals surface area contributed by atoms with Gasteiger partial charge in [-0.2, -0.15) is 0 Å². The summed E-state index contributed by atoms with van der Waals surface area (Å²) in [6.45, 7) is 8.96. The van der Waals surface area contributed by atoms with E-state index >= 15 is 0 Å². The number of nitrogens with zero attached hydrogens (tertiary/aromatic N) is 3. The van der Waals surface area contributed by atoms with Gasteiger partial charge in [-0.25, -0.2) is 0 Å². The zero-order valence-electron chi connectivity index (χ0n) is 15.5. The Balaban J connectivity index is 1.71. The van der Waals surface area contributed by atoms with Gasteiger partial charge in [0, 0.05) is 17.3 Å². The number of rotatable bonds is 8. The van der Waals surface area contributed by atoms with Crippen molar-refractivity contribution < 1.29 is 4.74 Å². The van der Waals surface area contributed by atoms with Gasteiger partial charge in [0.05, 0.1) is 0 Å². The first-order valence-electron chi connectivity index (χ1n) is 8.66. The lowest BCUT2D eigenvalue weighted by Crippen LogP contribution is -2.07. The third-order valence-electron chi connectivity index (χ3n) is 3.93. The summed E-state index contributed by atoms with van der Waals surface area (Å²) in [4.78, 5) is 0. The minimum Gasteiger partial charge on any atom is -0.486 e. The summed E-state index contributed by atoms with van der Waals surface area (Å²) in [6.07, 6.45) is 1.84. The Kier molecular flexibility index (Phi) is 6.58. The fraction of sp³-hybridized carbons (Fsp3) is 0.238. The van der Waals surface area contributed by atoms with Crippen molar-refractivity contribution in [2.24, 2.45) is 0 Å². The molecule has 2 aromatic carbocycles. The number of ether oxygens (including phenoxy) is 1. The summed E-state index contributed by atoms with van der Waals surface area (Å²) in [5, 5.41) is 10.2. The van der Waals surface area contributed by atoms with E-state index in [2.05, 4.69) is 42.8 Å². The minimum atomic E-state index is 0.363. The molecule has 0 saturated carbocycles. The van der Waals surface area contributed by atoms with Gasteiger partial charge in [-0.1, -0.05) is 47.6 Å². The lowest BCUT2D eigenvalue weighted by molar-refractivity contribution is 0.289. The number of hydrogen-bond donors (Lipinski definition) is 0. The Morgan fingerprint density at radius 3 is 2.63 bits per heavy atom. The summed E-state index contributed by atoms with van der Waals surface area (Å²) >= 11 is 7.68. The molecule has 0 amide bonds. The summed E-state index contributed by atoms with van der Waals surface area (Å²) < 4.78 is 7.98. The molecular formula is C21H22ClN3OS. The number of benzene rings is 2. The van der Waals surface area contributed by atoms with E-state index in [1.54, 1.807) is 11.8 Å². The summed E-state index contributed by atoms with van der Waals surface area (Å²) in [5.74, 6) is 2.39. The molecule has 0 fully saturated rings. The molecule has 0 aliphatic carbocycles. The van der Waals surface area contributed by atoms with Crippen LogP contribution in [0, 0.1) is 13.8 Å². The van der Waals surface area contributed by atoms with E-state index in [1.165, 1.54) is 11.1 Å². The summed E-state index contributed by atoms with van der Waals surface area (Å²) in [6, 6.07) is 14.0. The number of allylic oxidation sites excluding steroid dienone is 1. The zero-order valence-corrected chi connectivity index (χ0v) is 17.1. The molecule has 1 aromatic heterocycles. The minimum absolute atomic E-state index is 0.363. The van der Waals surface area contributed by atoms with Crippen LogP contribution in [0.3, 0.4) is 0 Å². The van der Waals surface area contributed by atoms with E-state index in [-0.39, 0.29) is 0 Å². The maximum absolute atomic E-state index is 6.06. The number of halogens is 1. The highest BCUT2D eigenvalue weighted by Gasteiger charge is 2.13. The largest absolute Gasteiger partial charge is 0.486 e. The number of aromatic nitrogens is 3. The number of aryl methyl sites for hydroxylation is 2. The van der Waals surface area contributed by atoms with E-state index in [9.17, 15) is 0 Å². The molecule has 1 heterocycles. The average molecular weight is 400 g/mol. The number of thioether (sulfide) groups is 1. The molecule has 6 heteroatoms. The van der Waals surface area contributed by atoms with Gasteiger partial charge in [0.1, 0.15) is 12.4 Å². The van der Waals surface area contributed by atoms with E-state index in [0.717, 1.165) is 33.1 Å². The molecule has 3 aromatic rings. The van der Waals surface area contributed by atoms with Crippen molar-refractivity contribution in [2.45, 2.75) is 37.9 Å². The molecule has 0 bridgehead atoms. The Bertz CT molecular complexity index is 919. The van der Waals surface area contributed by atoms with E-state index < -0.39 is 0 Å². The van der Waals surface area contributed by atoms with Crippen LogP contribution in [-0.2, 0) is 18.9 Å². The van der Waals surface area contributed by atoms with Crippen molar-refractivity contribution in [1.82, 2.24) is 14.8 Å². The van der Waals surface area contributed by atoms with Crippen molar-refractivity contribution in [3.05, 3.63) is 82.7 Å². The molecule has 0 aliphatic rings. The van der Waals surface area contributed by atoms with Crippen LogP contribution in [0.25, 0.3) is 0 Å². The first-order chi connectivity index (χ1) is 13.0. The molecule has 0 atom stereocenters. The molecule has 0 N–H and O–H groups in total. The summed E-state index contributed by atoms with van der Waals surface area (Å²) in [5.41, 5.74) is 3.50. The molecule has 3 rings (SSSR count). The molecule has 0 aliphatic heterocycles. The quantitative estimate of drug-likeness (QED) is 0.365.